The van der Waals surface area contributed by atoms with Gasteiger partial charge in [-0.3, -0.25) is 4.79 Å². The van der Waals surface area contributed by atoms with E-state index in [1.54, 1.807) is 12.3 Å². The van der Waals surface area contributed by atoms with Crippen LogP contribution in [0.2, 0.25) is 0 Å². The first kappa shape index (κ1) is 23.7. The average molecular weight is 475 g/mol. The molecule has 1 N–H and O–H groups in total. The standard InChI is InChI=1S/C22H28F2N8O2/c1-13(33)26-16-9-15-14(11-25-16)19(31-8-7-21(2,12-31)30(4)5)29-32(15)17-10-18(34-6)28-20(27-17)22(3,23)24/h9-11H,7-8,12H2,1-6H3,(H,25,26,33). The van der Waals surface area contributed by atoms with E-state index in [4.69, 9.17) is 9.84 Å². The number of likely N-dealkylation sites (N-methyl/N-ethyl adjacent to an activating group) is 1. The number of anilines is 2. The first-order valence-corrected chi connectivity index (χ1v) is 10.8. The summed E-state index contributed by atoms with van der Waals surface area (Å²) in [6, 6.07) is 3.09. The summed E-state index contributed by atoms with van der Waals surface area (Å²) in [6.45, 7) is 5.78. The predicted molar refractivity (Wildman–Crippen MR) is 124 cm³/mol. The van der Waals surface area contributed by atoms with Crippen LogP contribution in [0.3, 0.4) is 0 Å². The number of pyridine rings is 1. The number of amides is 1. The van der Waals surface area contributed by atoms with Crippen molar-refractivity contribution in [2.24, 2.45) is 0 Å². The lowest BCUT2D eigenvalue weighted by Crippen LogP contribution is -2.43. The summed E-state index contributed by atoms with van der Waals surface area (Å²) in [5, 5.41) is 8.13. The molecular weight excluding hydrogens is 446 g/mol. The normalized spacial score (nSPS) is 18.7. The highest BCUT2D eigenvalue weighted by atomic mass is 19.3. The van der Waals surface area contributed by atoms with Crippen LogP contribution < -0.4 is 15.0 Å². The van der Waals surface area contributed by atoms with Gasteiger partial charge in [0.2, 0.25) is 17.6 Å². The molecule has 1 amide bonds. The number of aromatic nitrogens is 5. The van der Waals surface area contributed by atoms with Gasteiger partial charge >= 0.3 is 5.92 Å². The average Bonchev–Trinajstić information content (AvgIpc) is 3.34. The van der Waals surface area contributed by atoms with Gasteiger partial charge in [-0.1, -0.05) is 0 Å². The molecule has 34 heavy (non-hydrogen) atoms. The van der Waals surface area contributed by atoms with Gasteiger partial charge in [-0.2, -0.15) is 13.8 Å². The van der Waals surface area contributed by atoms with Crippen molar-refractivity contribution >= 4 is 28.4 Å². The van der Waals surface area contributed by atoms with Crippen molar-refractivity contribution in [1.82, 2.24) is 29.6 Å². The number of halogens is 2. The number of carbonyl (C=O) groups is 1. The minimum absolute atomic E-state index is 0.00998. The second-order valence-corrected chi connectivity index (χ2v) is 9.05. The molecule has 1 aliphatic rings. The Hall–Kier alpha value is -3.41. The number of methoxy groups -OCH3 is 1. The monoisotopic (exact) mass is 474 g/mol. The second-order valence-electron chi connectivity index (χ2n) is 9.05. The molecule has 4 heterocycles. The van der Waals surface area contributed by atoms with Crippen LogP contribution in [0.25, 0.3) is 16.7 Å². The zero-order chi connectivity index (χ0) is 24.8. The zero-order valence-corrected chi connectivity index (χ0v) is 20.1. The zero-order valence-electron chi connectivity index (χ0n) is 20.1. The quantitative estimate of drug-likeness (QED) is 0.582. The maximum atomic E-state index is 14.1. The molecule has 1 atom stereocenters. The van der Waals surface area contributed by atoms with Crippen molar-refractivity contribution in [2.75, 3.05) is 44.5 Å². The van der Waals surface area contributed by atoms with Crippen LogP contribution >= 0.6 is 0 Å². The fourth-order valence-corrected chi connectivity index (χ4v) is 3.96. The molecule has 10 nitrogen and oxygen atoms in total. The Morgan fingerprint density at radius 2 is 2.03 bits per heavy atom. The van der Waals surface area contributed by atoms with E-state index in [9.17, 15) is 13.6 Å². The molecule has 3 aromatic rings. The van der Waals surface area contributed by atoms with Gasteiger partial charge in [0.15, 0.2) is 11.6 Å². The van der Waals surface area contributed by atoms with E-state index < -0.39 is 11.7 Å². The minimum atomic E-state index is -3.28. The second kappa shape index (κ2) is 8.42. The van der Waals surface area contributed by atoms with Crippen molar-refractivity contribution in [3.05, 3.63) is 24.2 Å². The van der Waals surface area contributed by atoms with Gasteiger partial charge < -0.3 is 19.9 Å². The summed E-state index contributed by atoms with van der Waals surface area (Å²) in [4.78, 5) is 28.1. The van der Waals surface area contributed by atoms with Gasteiger partial charge in [0.05, 0.1) is 18.0 Å². The number of hydrogen-bond acceptors (Lipinski definition) is 8. The minimum Gasteiger partial charge on any atom is -0.481 e. The molecule has 0 saturated carbocycles. The van der Waals surface area contributed by atoms with Crippen molar-refractivity contribution in [1.29, 1.82) is 0 Å². The molecule has 1 saturated heterocycles. The van der Waals surface area contributed by atoms with Crippen molar-refractivity contribution in [3.8, 4) is 11.7 Å². The Balaban J connectivity index is 1.90. The summed E-state index contributed by atoms with van der Waals surface area (Å²) in [5.74, 6) is -3.15. The number of fused-ring (bicyclic) bond motifs is 1. The van der Waals surface area contributed by atoms with Gasteiger partial charge in [0, 0.05) is 50.8 Å². The summed E-state index contributed by atoms with van der Waals surface area (Å²) in [7, 11) is 5.43. The molecule has 0 aromatic carbocycles. The van der Waals surface area contributed by atoms with Crippen LogP contribution in [-0.2, 0) is 10.7 Å². The van der Waals surface area contributed by atoms with Crippen LogP contribution in [0, 0.1) is 0 Å². The Kier molecular flexibility index (Phi) is 5.88. The summed E-state index contributed by atoms with van der Waals surface area (Å²) >= 11 is 0. The van der Waals surface area contributed by atoms with Crippen LogP contribution in [0.1, 0.15) is 33.0 Å². The number of hydrogen-bond donors (Lipinski definition) is 1. The molecule has 0 spiro atoms. The maximum Gasteiger partial charge on any atom is 0.304 e. The smallest absolute Gasteiger partial charge is 0.304 e. The first-order chi connectivity index (χ1) is 15.9. The van der Waals surface area contributed by atoms with Gasteiger partial charge in [0.1, 0.15) is 5.82 Å². The number of carbonyl (C=O) groups excluding carboxylic acids is 1. The van der Waals surface area contributed by atoms with Gasteiger partial charge in [-0.05, 0) is 27.4 Å². The van der Waals surface area contributed by atoms with E-state index in [0.717, 1.165) is 26.4 Å². The van der Waals surface area contributed by atoms with Crippen LogP contribution in [-0.4, -0.2) is 75.4 Å². The van der Waals surface area contributed by atoms with E-state index >= 15 is 0 Å². The SMILES string of the molecule is COc1cc(-n2nc(N3CCC(C)(N(C)C)C3)c3cnc(NC(C)=O)cc32)nc(C(C)(F)F)n1. The predicted octanol–water partition coefficient (Wildman–Crippen LogP) is 2.82. The third-order valence-electron chi connectivity index (χ3n) is 6.19. The molecule has 3 aromatic heterocycles. The lowest BCUT2D eigenvalue weighted by atomic mass is 10.0. The lowest BCUT2D eigenvalue weighted by Gasteiger charge is -2.32. The van der Waals surface area contributed by atoms with E-state index in [1.807, 2.05) is 14.1 Å². The number of nitrogens with one attached hydrogen (secondary N) is 1. The third-order valence-corrected chi connectivity index (χ3v) is 6.19. The molecule has 4 rings (SSSR count). The highest BCUT2D eigenvalue weighted by Gasteiger charge is 2.37. The van der Waals surface area contributed by atoms with Gasteiger partial charge in [0.25, 0.3) is 0 Å². The van der Waals surface area contributed by atoms with Gasteiger partial charge in [-0.15, -0.1) is 5.10 Å². The van der Waals surface area contributed by atoms with Crippen LogP contribution in [0.5, 0.6) is 5.88 Å². The van der Waals surface area contributed by atoms with Crippen LogP contribution in [0.15, 0.2) is 18.3 Å². The molecule has 1 fully saturated rings. The molecule has 0 bridgehead atoms. The van der Waals surface area contributed by atoms with Crippen molar-refractivity contribution in [3.63, 3.8) is 0 Å². The third kappa shape index (κ3) is 4.37. The number of alkyl halides is 2. The largest absolute Gasteiger partial charge is 0.481 e. The van der Waals surface area contributed by atoms with Crippen LogP contribution in [0.4, 0.5) is 20.4 Å². The fraction of sp³-hybridized carbons (Fsp3) is 0.500. The fourth-order valence-electron chi connectivity index (χ4n) is 3.96. The Morgan fingerprint density at radius 3 is 2.62 bits per heavy atom. The van der Waals surface area contributed by atoms with Crippen molar-refractivity contribution < 1.29 is 18.3 Å². The number of nitrogens with zero attached hydrogens (tertiary/aromatic N) is 7. The van der Waals surface area contributed by atoms with E-state index in [-0.39, 0.29) is 23.1 Å². The summed E-state index contributed by atoms with van der Waals surface area (Å²) in [6.07, 6.45) is 2.55. The molecule has 182 valence electrons. The Bertz CT molecular complexity index is 1240. The topological polar surface area (TPSA) is 101 Å². The highest BCUT2D eigenvalue weighted by molar-refractivity contribution is 5.95. The van der Waals surface area contributed by atoms with Crippen molar-refractivity contribution in [2.45, 2.75) is 38.7 Å². The molecule has 12 heteroatoms. The number of ether oxygens (including phenoxy) is 1. The lowest BCUT2D eigenvalue weighted by molar-refractivity contribution is -0.114. The van der Waals surface area contributed by atoms with E-state index in [1.165, 1.54) is 24.8 Å². The molecular formula is C22H28F2N8O2. The maximum absolute atomic E-state index is 14.1. The Morgan fingerprint density at radius 1 is 1.29 bits per heavy atom. The van der Waals surface area contributed by atoms with E-state index in [0.29, 0.717) is 22.5 Å². The molecule has 0 radical (unpaired) electrons. The first-order valence-electron chi connectivity index (χ1n) is 10.8. The molecule has 1 aliphatic heterocycles. The number of rotatable bonds is 6. The highest BCUT2D eigenvalue weighted by Crippen LogP contribution is 2.35. The van der Waals surface area contributed by atoms with E-state index in [2.05, 4.69) is 37.0 Å². The Labute approximate surface area is 195 Å². The molecule has 1 unspecified atom stereocenters. The molecule has 0 aliphatic carbocycles. The summed E-state index contributed by atoms with van der Waals surface area (Å²) < 4.78 is 34.8. The van der Waals surface area contributed by atoms with Gasteiger partial charge in [-0.25, -0.2) is 14.6 Å². The summed E-state index contributed by atoms with van der Waals surface area (Å²) in [5.41, 5.74) is 0.508.